The summed E-state index contributed by atoms with van der Waals surface area (Å²) in [5.41, 5.74) is 0. The molecule has 0 bridgehead atoms. The van der Waals surface area contributed by atoms with Gasteiger partial charge in [-0.15, -0.1) is 0 Å². The number of thiol groups is 1. The summed E-state index contributed by atoms with van der Waals surface area (Å²) in [6, 6.07) is 0. The van der Waals surface area contributed by atoms with Crippen LogP contribution in [0.2, 0.25) is 0 Å². The number of ether oxygens (including phenoxy) is 2. The molecule has 0 saturated heterocycles. The molecule has 0 aromatic carbocycles. The topological polar surface area (TPSA) is 52.6 Å². The molecule has 0 N–H and O–H groups in total. The molecule has 19 heavy (non-hydrogen) atoms. The van der Waals surface area contributed by atoms with Gasteiger partial charge in [-0.25, -0.2) is 4.79 Å². The molecule has 0 aliphatic heterocycles. The van der Waals surface area contributed by atoms with Gasteiger partial charge in [0, 0.05) is 11.3 Å². The van der Waals surface area contributed by atoms with Crippen molar-refractivity contribution in [2.75, 3.05) is 13.2 Å². The van der Waals surface area contributed by atoms with Crippen LogP contribution in [-0.4, -0.2) is 30.4 Å². The predicted molar refractivity (Wildman–Crippen MR) is 76.1 cm³/mol. The second-order valence-electron chi connectivity index (χ2n) is 4.75. The van der Waals surface area contributed by atoms with Crippen molar-refractivity contribution in [3.63, 3.8) is 0 Å². The monoisotopic (exact) mass is 286 g/mol. The van der Waals surface area contributed by atoms with Gasteiger partial charge >= 0.3 is 11.9 Å². The molecule has 1 saturated carbocycles. The highest BCUT2D eigenvalue weighted by Gasteiger charge is 2.25. The molecule has 4 nitrogen and oxygen atoms in total. The van der Waals surface area contributed by atoms with Gasteiger partial charge in [0.2, 0.25) is 0 Å². The second kappa shape index (κ2) is 9.02. The van der Waals surface area contributed by atoms with Crippen molar-refractivity contribution in [2.24, 2.45) is 5.92 Å². The average Bonchev–Trinajstić information content (AvgIpc) is 2.42. The third-order valence-corrected chi connectivity index (χ3v) is 3.74. The Labute approximate surface area is 119 Å². The van der Waals surface area contributed by atoms with Crippen LogP contribution < -0.4 is 0 Å². The number of hydrogen-bond acceptors (Lipinski definition) is 5. The minimum atomic E-state index is -0.416. The van der Waals surface area contributed by atoms with Crippen molar-refractivity contribution in [2.45, 2.75) is 43.8 Å². The van der Waals surface area contributed by atoms with Gasteiger partial charge in [-0.2, -0.15) is 12.6 Å². The quantitative estimate of drug-likeness (QED) is 0.338. The molecule has 0 radical (unpaired) electrons. The predicted octanol–water partition coefficient (Wildman–Crippen LogP) is 2.53. The first-order valence-corrected chi connectivity index (χ1v) is 7.29. The summed E-state index contributed by atoms with van der Waals surface area (Å²) < 4.78 is 10.0. The van der Waals surface area contributed by atoms with Crippen LogP contribution in [0.3, 0.4) is 0 Å². The van der Waals surface area contributed by atoms with Gasteiger partial charge in [0.1, 0.15) is 0 Å². The minimum absolute atomic E-state index is 0.0435. The number of hydrogen-bond donors (Lipinski definition) is 1. The Morgan fingerprint density at radius 3 is 2.26 bits per heavy atom. The van der Waals surface area contributed by atoms with E-state index in [2.05, 4.69) is 19.2 Å². The molecule has 0 heterocycles. The van der Waals surface area contributed by atoms with Gasteiger partial charge in [-0.3, -0.25) is 4.79 Å². The Morgan fingerprint density at radius 1 is 1.11 bits per heavy atom. The van der Waals surface area contributed by atoms with Crippen molar-refractivity contribution in [3.05, 3.63) is 12.7 Å². The van der Waals surface area contributed by atoms with Crippen molar-refractivity contribution in [1.29, 1.82) is 0 Å². The standard InChI is InChI=1S/C14H22O4S/c1-2-13(15)17-9-3-4-10-18-14(16)11-5-7-12(19)8-6-11/h2,11-12,19H,1,3-10H2. The average molecular weight is 286 g/mol. The fourth-order valence-electron chi connectivity index (χ4n) is 2.04. The van der Waals surface area contributed by atoms with E-state index in [-0.39, 0.29) is 11.9 Å². The Hall–Kier alpha value is -0.970. The van der Waals surface area contributed by atoms with E-state index in [1.807, 2.05) is 0 Å². The van der Waals surface area contributed by atoms with E-state index in [0.29, 0.717) is 31.3 Å². The van der Waals surface area contributed by atoms with Crippen LogP contribution in [0.4, 0.5) is 0 Å². The maximum absolute atomic E-state index is 11.7. The van der Waals surface area contributed by atoms with E-state index in [1.165, 1.54) is 0 Å². The number of carbonyl (C=O) groups is 2. The van der Waals surface area contributed by atoms with Crippen LogP contribution in [0.1, 0.15) is 38.5 Å². The summed E-state index contributed by atoms with van der Waals surface area (Å²) >= 11 is 4.40. The van der Waals surface area contributed by atoms with E-state index in [1.54, 1.807) is 0 Å². The maximum Gasteiger partial charge on any atom is 0.330 e. The molecule has 1 aliphatic rings. The Bertz CT molecular complexity index is 309. The van der Waals surface area contributed by atoms with Gasteiger partial charge in [-0.1, -0.05) is 6.58 Å². The third kappa shape index (κ3) is 6.66. The Balaban J connectivity index is 2.01. The lowest BCUT2D eigenvalue weighted by molar-refractivity contribution is -0.150. The van der Waals surface area contributed by atoms with Crippen LogP contribution >= 0.6 is 12.6 Å². The lowest BCUT2D eigenvalue weighted by atomic mass is 9.89. The van der Waals surface area contributed by atoms with E-state index >= 15 is 0 Å². The lowest BCUT2D eigenvalue weighted by Gasteiger charge is -2.23. The summed E-state index contributed by atoms with van der Waals surface area (Å²) in [7, 11) is 0. The van der Waals surface area contributed by atoms with Crippen molar-refractivity contribution in [3.8, 4) is 0 Å². The van der Waals surface area contributed by atoms with Gasteiger partial charge in [0.15, 0.2) is 0 Å². The number of esters is 2. The summed E-state index contributed by atoms with van der Waals surface area (Å²) in [6.07, 6.45) is 6.26. The van der Waals surface area contributed by atoms with Crippen LogP contribution in [0.5, 0.6) is 0 Å². The first-order chi connectivity index (χ1) is 9.13. The summed E-state index contributed by atoms with van der Waals surface area (Å²) in [5.74, 6) is -0.467. The SMILES string of the molecule is C=CC(=O)OCCCCOC(=O)C1CCC(S)CC1. The molecule has 0 aromatic rings. The zero-order valence-corrected chi connectivity index (χ0v) is 12.1. The summed E-state index contributed by atoms with van der Waals surface area (Å²) in [6.45, 7) is 4.04. The highest BCUT2D eigenvalue weighted by Crippen LogP contribution is 2.28. The third-order valence-electron chi connectivity index (χ3n) is 3.22. The molecular formula is C14H22O4S. The molecule has 0 amide bonds. The van der Waals surface area contributed by atoms with Crippen LogP contribution in [0, 0.1) is 5.92 Å². The Morgan fingerprint density at radius 2 is 1.68 bits per heavy atom. The highest BCUT2D eigenvalue weighted by atomic mass is 32.1. The van der Waals surface area contributed by atoms with Gasteiger partial charge in [0.25, 0.3) is 0 Å². The fraction of sp³-hybridized carbons (Fsp3) is 0.714. The molecular weight excluding hydrogens is 264 g/mol. The Kier molecular flexibility index (Phi) is 7.63. The molecule has 1 aliphatic carbocycles. The maximum atomic E-state index is 11.7. The molecule has 108 valence electrons. The molecule has 0 aromatic heterocycles. The van der Waals surface area contributed by atoms with Gasteiger partial charge < -0.3 is 9.47 Å². The molecule has 1 fully saturated rings. The normalized spacial score (nSPS) is 22.6. The van der Waals surface area contributed by atoms with E-state index < -0.39 is 5.97 Å². The second-order valence-corrected chi connectivity index (χ2v) is 5.48. The van der Waals surface area contributed by atoms with E-state index in [9.17, 15) is 9.59 Å². The van der Waals surface area contributed by atoms with E-state index in [0.717, 1.165) is 31.8 Å². The first-order valence-electron chi connectivity index (χ1n) is 6.77. The smallest absolute Gasteiger partial charge is 0.330 e. The van der Waals surface area contributed by atoms with Gasteiger partial charge in [-0.05, 0) is 38.5 Å². The van der Waals surface area contributed by atoms with Crippen LogP contribution in [0.15, 0.2) is 12.7 Å². The van der Waals surface area contributed by atoms with Crippen LogP contribution in [0.25, 0.3) is 0 Å². The minimum Gasteiger partial charge on any atom is -0.465 e. The van der Waals surface area contributed by atoms with Crippen molar-refractivity contribution in [1.82, 2.24) is 0 Å². The molecule has 1 rings (SSSR count). The zero-order valence-electron chi connectivity index (χ0n) is 11.2. The molecule has 0 unspecified atom stereocenters. The van der Waals surface area contributed by atoms with Crippen molar-refractivity contribution < 1.29 is 19.1 Å². The number of carbonyl (C=O) groups excluding carboxylic acids is 2. The number of rotatable bonds is 7. The zero-order chi connectivity index (χ0) is 14.1. The largest absolute Gasteiger partial charge is 0.465 e. The first kappa shape index (κ1) is 16.1. The number of unbranched alkanes of at least 4 members (excludes halogenated alkanes) is 1. The van der Waals surface area contributed by atoms with Crippen LogP contribution in [-0.2, 0) is 19.1 Å². The van der Waals surface area contributed by atoms with Gasteiger partial charge in [0.05, 0.1) is 19.1 Å². The fourth-order valence-corrected chi connectivity index (χ4v) is 2.34. The molecule has 5 heteroatoms. The van der Waals surface area contributed by atoms with E-state index in [4.69, 9.17) is 9.47 Å². The highest BCUT2D eigenvalue weighted by molar-refractivity contribution is 7.80. The molecule has 0 spiro atoms. The summed E-state index contributed by atoms with van der Waals surface area (Å²) in [5, 5.41) is 0.434. The molecule has 0 atom stereocenters. The van der Waals surface area contributed by atoms with Crippen molar-refractivity contribution >= 4 is 24.6 Å². The summed E-state index contributed by atoms with van der Waals surface area (Å²) in [4.78, 5) is 22.5. The lowest BCUT2D eigenvalue weighted by Crippen LogP contribution is -2.24.